The standard InChI is InChI=1S/C22H31N7O2/c1-26-9-11-28(12-10-26)21-17-20(27(13-15-30)14-16-31)24-22-23-19(25-29(21)22)8-7-18-5-3-2-4-6-18/h2-6,17,30-31H,7-16H2,1H3. The molecule has 0 radical (unpaired) electrons. The first kappa shape index (κ1) is 21.5. The highest BCUT2D eigenvalue weighted by Crippen LogP contribution is 2.23. The van der Waals surface area contributed by atoms with E-state index in [1.165, 1.54) is 5.56 Å². The van der Waals surface area contributed by atoms with Crippen molar-refractivity contribution in [3.63, 3.8) is 0 Å². The zero-order valence-electron chi connectivity index (χ0n) is 18.1. The van der Waals surface area contributed by atoms with Crippen LogP contribution in [0.3, 0.4) is 0 Å². The number of hydrogen-bond acceptors (Lipinski definition) is 8. The summed E-state index contributed by atoms with van der Waals surface area (Å²) in [5, 5.41) is 23.7. The van der Waals surface area contributed by atoms with Gasteiger partial charge >= 0.3 is 0 Å². The predicted molar refractivity (Wildman–Crippen MR) is 121 cm³/mol. The molecule has 1 saturated heterocycles. The van der Waals surface area contributed by atoms with Gasteiger partial charge in [0, 0.05) is 51.8 Å². The molecular weight excluding hydrogens is 394 g/mol. The molecule has 0 spiro atoms. The van der Waals surface area contributed by atoms with Crippen LogP contribution in [0.25, 0.3) is 5.78 Å². The lowest BCUT2D eigenvalue weighted by molar-refractivity contribution is 0.280. The Labute approximate surface area is 182 Å². The van der Waals surface area contributed by atoms with Crippen molar-refractivity contribution in [2.24, 2.45) is 0 Å². The molecule has 31 heavy (non-hydrogen) atoms. The van der Waals surface area contributed by atoms with Gasteiger partial charge in [0.1, 0.15) is 11.6 Å². The van der Waals surface area contributed by atoms with E-state index < -0.39 is 0 Å². The predicted octanol–water partition coefficient (Wildman–Crippen LogP) is 0.452. The largest absolute Gasteiger partial charge is 0.395 e. The second-order valence-electron chi connectivity index (χ2n) is 7.92. The molecule has 3 aromatic rings. The van der Waals surface area contributed by atoms with Crippen molar-refractivity contribution < 1.29 is 10.2 Å². The van der Waals surface area contributed by atoms with Crippen LogP contribution in [0.15, 0.2) is 36.4 Å². The van der Waals surface area contributed by atoms with Crippen molar-refractivity contribution in [1.29, 1.82) is 0 Å². The minimum atomic E-state index is -0.00822. The maximum absolute atomic E-state index is 9.47. The number of hydrogen-bond donors (Lipinski definition) is 2. The average Bonchev–Trinajstić information content (AvgIpc) is 3.21. The number of likely N-dealkylation sites (N-methyl/N-ethyl adjacent to an activating group) is 1. The molecule has 1 aliphatic rings. The van der Waals surface area contributed by atoms with Gasteiger partial charge in [-0.2, -0.15) is 14.5 Å². The second kappa shape index (κ2) is 10.0. The van der Waals surface area contributed by atoms with Gasteiger partial charge in [0.05, 0.1) is 13.2 Å². The Balaban J connectivity index is 1.67. The van der Waals surface area contributed by atoms with E-state index >= 15 is 0 Å². The molecule has 9 heteroatoms. The maximum atomic E-state index is 9.47. The summed E-state index contributed by atoms with van der Waals surface area (Å²) in [5.41, 5.74) is 1.26. The molecule has 4 rings (SSSR count). The quantitative estimate of drug-likeness (QED) is 0.511. The molecule has 1 fully saturated rings. The minimum absolute atomic E-state index is 0.00822. The van der Waals surface area contributed by atoms with Crippen molar-refractivity contribution in [2.45, 2.75) is 12.8 Å². The van der Waals surface area contributed by atoms with E-state index in [0.29, 0.717) is 24.7 Å². The number of aromatic nitrogens is 4. The molecule has 0 atom stereocenters. The van der Waals surface area contributed by atoms with Gasteiger partial charge in [-0.1, -0.05) is 30.3 Å². The minimum Gasteiger partial charge on any atom is -0.395 e. The Bertz CT molecular complexity index is 965. The number of benzene rings is 1. The van der Waals surface area contributed by atoms with Gasteiger partial charge in [-0.3, -0.25) is 0 Å². The highest BCUT2D eigenvalue weighted by Gasteiger charge is 2.21. The van der Waals surface area contributed by atoms with Gasteiger partial charge in [-0.25, -0.2) is 0 Å². The summed E-state index contributed by atoms with van der Waals surface area (Å²) < 4.78 is 1.84. The van der Waals surface area contributed by atoms with Crippen LogP contribution in [0.4, 0.5) is 11.6 Å². The summed E-state index contributed by atoms with van der Waals surface area (Å²) in [4.78, 5) is 15.9. The van der Waals surface area contributed by atoms with Crippen LogP contribution in [0, 0.1) is 0 Å². The number of rotatable bonds is 9. The fourth-order valence-electron chi connectivity index (χ4n) is 3.89. The average molecular weight is 426 g/mol. The summed E-state index contributed by atoms with van der Waals surface area (Å²) in [6.45, 7) is 4.54. The van der Waals surface area contributed by atoms with E-state index in [4.69, 9.17) is 15.1 Å². The molecule has 2 aromatic heterocycles. The van der Waals surface area contributed by atoms with Gasteiger partial charge < -0.3 is 24.9 Å². The Morgan fingerprint density at radius 3 is 2.32 bits per heavy atom. The van der Waals surface area contributed by atoms with Crippen LogP contribution in [-0.4, -0.2) is 94.2 Å². The summed E-state index contributed by atoms with van der Waals surface area (Å²) in [7, 11) is 2.13. The molecule has 1 aliphatic heterocycles. The lowest BCUT2D eigenvalue weighted by atomic mass is 10.1. The SMILES string of the molecule is CN1CCN(c2cc(N(CCO)CCO)nc3nc(CCc4ccccc4)nn23)CC1. The molecule has 0 bridgehead atoms. The lowest BCUT2D eigenvalue weighted by Crippen LogP contribution is -2.45. The van der Waals surface area contributed by atoms with Crippen LogP contribution in [-0.2, 0) is 12.8 Å². The van der Waals surface area contributed by atoms with Crippen LogP contribution in [0.2, 0.25) is 0 Å². The van der Waals surface area contributed by atoms with Gasteiger partial charge in [0.2, 0.25) is 0 Å². The first-order valence-electron chi connectivity index (χ1n) is 10.9. The number of fused-ring (bicyclic) bond motifs is 1. The van der Waals surface area contributed by atoms with Crippen LogP contribution < -0.4 is 9.80 Å². The Morgan fingerprint density at radius 1 is 0.935 bits per heavy atom. The van der Waals surface area contributed by atoms with Crippen LogP contribution in [0.5, 0.6) is 0 Å². The fourth-order valence-corrected chi connectivity index (χ4v) is 3.89. The molecule has 0 aliphatic carbocycles. The molecule has 9 nitrogen and oxygen atoms in total. The van der Waals surface area contributed by atoms with Crippen molar-refractivity contribution in [2.75, 3.05) is 69.3 Å². The Kier molecular flexibility index (Phi) is 6.96. The van der Waals surface area contributed by atoms with Crippen LogP contribution >= 0.6 is 0 Å². The second-order valence-corrected chi connectivity index (χ2v) is 7.92. The van der Waals surface area contributed by atoms with E-state index in [1.807, 2.05) is 33.7 Å². The van der Waals surface area contributed by atoms with Gasteiger partial charge in [-0.05, 0) is 19.0 Å². The molecule has 3 heterocycles. The van der Waals surface area contributed by atoms with Crippen molar-refractivity contribution in [3.8, 4) is 0 Å². The van der Waals surface area contributed by atoms with Gasteiger partial charge in [-0.15, -0.1) is 5.10 Å². The smallest absolute Gasteiger partial charge is 0.256 e. The molecule has 0 saturated carbocycles. The molecular formula is C22H31N7O2. The highest BCUT2D eigenvalue weighted by molar-refractivity contribution is 5.57. The van der Waals surface area contributed by atoms with Crippen molar-refractivity contribution >= 4 is 17.4 Å². The first-order chi connectivity index (χ1) is 15.2. The number of piperazine rings is 1. The van der Waals surface area contributed by atoms with E-state index in [1.54, 1.807) is 0 Å². The number of aliphatic hydroxyl groups excluding tert-OH is 2. The molecule has 2 N–H and O–H groups in total. The fraction of sp³-hybridized carbons (Fsp3) is 0.500. The highest BCUT2D eigenvalue weighted by atomic mass is 16.3. The van der Waals surface area contributed by atoms with Gasteiger partial charge in [0.25, 0.3) is 5.78 Å². The third-order valence-corrected chi connectivity index (χ3v) is 5.69. The third-order valence-electron chi connectivity index (χ3n) is 5.69. The number of nitrogens with zero attached hydrogens (tertiary/aromatic N) is 7. The summed E-state index contributed by atoms with van der Waals surface area (Å²) in [5.74, 6) is 2.97. The molecule has 0 amide bonds. The zero-order chi connectivity index (χ0) is 21.6. The van der Waals surface area contributed by atoms with E-state index in [2.05, 4.69) is 29.0 Å². The number of aryl methyl sites for hydroxylation is 2. The molecule has 0 unspecified atom stereocenters. The van der Waals surface area contributed by atoms with Crippen molar-refractivity contribution in [1.82, 2.24) is 24.5 Å². The lowest BCUT2D eigenvalue weighted by Gasteiger charge is -2.34. The monoisotopic (exact) mass is 425 g/mol. The topological polar surface area (TPSA) is 93.3 Å². The number of anilines is 2. The third kappa shape index (κ3) is 5.12. The van der Waals surface area contributed by atoms with Crippen LogP contribution in [0.1, 0.15) is 11.4 Å². The Hall–Kier alpha value is -2.75. The Morgan fingerprint density at radius 2 is 1.65 bits per heavy atom. The maximum Gasteiger partial charge on any atom is 0.256 e. The zero-order valence-corrected chi connectivity index (χ0v) is 18.1. The summed E-state index contributed by atoms with van der Waals surface area (Å²) >= 11 is 0. The van der Waals surface area contributed by atoms with E-state index in [9.17, 15) is 10.2 Å². The molecule has 1 aromatic carbocycles. The summed E-state index contributed by atoms with van der Waals surface area (Å²) in [6, 6.07) is 12.3. The number of aliphatic hydroxyl groups is 2. The first-order valence-corrected chi connectivity index (χ1v) is 10.9. The normalized spacial score (nSPS) is 15.0. The van der Waals surface area contributed by atoms with E-state index in [0.717, 1.165) is 50.7 Å². The van der Waals surface area contributed by atoms with E-state index in [-0.39, 0.29) is 13.2 Å². The summed E-state index contributed by atoms with van der Waals surface area (Å²) in [6.07, 6.45) is 1.61. The van der Waals surface area contributed by atoms with Gasteiger partial charge in [0.15, 0.2) is 5.82 Å². The molecule has 166 valence electrons. The van der Waals surface area contributed by atoms with Crippen molar-refractivity contribution in [3.05, 3.63) is 47.8 Å².